The van der Waals surface area contributed by atoms with Gasteiger partial charge in [0.15, 0.2) is 0 Å². The Balaban J connectivity index is 1.49. The van der Waals surface area contributed by atoms with Crippen molar-refractivity contribution in [3.8, 4) is 10.4 Å². The topological polar surface area (TPSA) is 92.4 Å². The third-order valence-corrected chi connectivity index (χ3v) is 6.68. The lowest BCUT2D eigenvalue weighted by molar-refractivity contribution is 0.102. The van der Waals surface area contributed by atoms with Crippen LogP contribution < -0.4 is 16.4 Å². The number of hydrogen-bond acceptors (Lipinski definition) is 4. The van der Waals surface area contributed by atoms with Gasteiger partial charge in [0.2, 0.25) is 5.30 Å². The van der Waals surface area contributed by atoms with Crippen molar-refractivity contribution in [3.05, 3.63) is 101 Å². The molecule has 4 aromatic rings. The summed E-state index contributed by atoms with van der Waals surface area (Å²) in [6, 6.07) is 23.9. The molecule has 0 saturated carbocycles. The zero-order valence-corrected chi connectivity index (χ0v) is 18.2. The lowest BCUT2D eigenvalue weighted by Crippen LogP contribution is -2.13. The molecule has 1 aromatic heterocycles. The van der Waals surface area contributed by atoms with Crippen molar-refractivity contribution in [1.82, 2.24) is 0 Å². The summed E-state index contributed by atoms with van der Waals surface area (Å²) in [5, 5.41) is 5.32. The van der Waals surface area contributed by atoms with Crippen molar-refractivity contribution in [2.45, 2.75) is 6.42 Å². The van der Waals surface area contributed by atoms with Crippen LogP contribution >= 0.6 is 19.4 Å². The second-order valence-electron chi connectivity index (χ2n) is 7.01. The van der Waals surface area contributed by atoms with E-state index in [1.54, 1.807) is 41.7 Å². The smallest absolute Gasteiger partial charge is 0.397 e. The summed E-state index contributed by atoms with van der Waals surface area (Å²) in [5.41, 5.74) is 10.4. The van der Waals surface area contributed by atoms with E-state index in [-0.39, 0.29) is 5.91 Å². The van der Waals surface area contributed by atoms with E-state index in [0.717, 1.165) is 21.6 Å². The van der Waals surface area contributed by atoms with Gasteiger partial charge in [-0.2, -0.15) is 4.89 Å². The molecular weight excluding hydrogens is 427 g/mol. The molecule has 0 fully saturated rings. The summed E-state index contributed by atoms with van der Waals surface area (Å²) in [6.45, 7) is 0. The van der Waals surface area contributed by atoms with Crippen LogP contribution in [-0.2, 0) is 11.0 Å². The number of amides is 1. The van der Waals surface area contributed by atoms with E-state index >= 15 is 0 Å². The van der Waals surface area contributed by atoms with E-state index in [9.17, 15) is 14.3 Å². The number of benzene rings is 3. The van der Waals surface area contributed by atoms with Crippen LogP contribution in [-0.4, -0.2) is 10.8 Å². The third-order valence-electron chi connectivity index (χ3n) is 4.92. The highest BCUT2D eigenvalue weighted by Gasteiger charge is 2.20. The van der Waals surface area contributed by atoms with Crippen LogP contribution in [0.25, 0.3) is 10.4 Å². The minimum Gasteiger partial charge on any atom is -0.397 e. The van der Waals surface area contributed by atoms with Gasteiger partial charge in [0.1, 0.15) is 0 Å². The average Bonchev–Trinajstić information content (AvgIpc) is 3.31. The van der Waals surface area contributed by atoms with Gasteiger partial charge < -0.3 is 11.1 Å². The highest BCUT2D eigenvalue weighted by atomic mass is 32.1. The van der Waals surface area contributed by atoms with Gasteiger partial charge in [-0.05, 0) is 57.5 Å². The van der Waals surface area contributed by atoms with Crippen molar-refractivity contribution in [1.29, 1.82) is 0 Å². The number of anilines is 2. The Bertz CT molecular complexity index is 1240. The van der Waals surface area contributed by atoms with Crippen LogP contribution in [0.5, 0.6) is 0 Å². The molecule has 0 radical (unpaired) electrons. The SMILES string of the molecule is Nc1ccc(-c2cccs2)cc1NC(=O)c1ccc(Cc2ccccc2[P+](=O)O)cc1. The molecule has 7 heteroatoms. The highest BCUT2D eigenvalue weighted by Crippen LogP contribution is 2.30. The standard InChI is InChI=1S/C24H19N2O3PS/c25-20-12-11-19(23-6-3-13-31-23)15-21(20)26-24(27)17-9-7-16(8-10-17)14-18-4-1-2-5-22(18)30(28)29/h1-13,15H,14,25H2,(H-,26,27,28,29)/p+1. The minimum absolute atomic E-state index is 0.250. The summed E-state index contributed by atoms with van der Waals surface area (Å²) in [7, 11) is -2.40. The molecule has 0 saturated heterocycles. The fourth-order valence-corrected chi connectivity index (χ4v) is 4.63. The molecule has 1 heterocycles. The largest absolute Gasteiger partial charge is 0.546 e. The molecule has 0 aliphatic carbocycles. The van der Waals surface area contributed by atoms with Crippen LogP contribution in [0, 0.1) is 0 Å². The van der Waals surface area contributed by atoms with Crippen molar-refractivity contribution >= 4 is 42.0 Å². The molecular formula is C24H20N2O3PS+. The molecule has 1 atom stereocenters. The van der Waals surface area contributed by atoms with Gasteiger partial charge in [-0.25, -0.2) is 0 Å². The van der Waals surface area contributed by atoms with Crippen LogP contribution in [0.4, 0.5) is 11.4 Å². The number of nitrogens with two attached hydrogens (primary N) is 1. The van der Waals surface area contributed by atoms with Crippen molar-refractivity contribution in [3.63, 3.8) is 0 Å². The number of nitrogen functional groups attached to an aromatic ring is 1. The fourth-order valence-electron chi connectivity index (χ4n) is 3.30. The number of carbonyl (C=O) groups is 1. The van der Waals surface area contributed by atoms with Crippen molar-refractivity contribution in [2.75, 3.05) is 11.1 Å². The van der Waals surface area contributed by atoms with Gasteiger partial charge in [-0.1, -0.05) is 42.5 Å². The predicted molar refractivity (Wildman–Crippen MR) is 127 cm³/mol. The maximum absolute atomic E-state index is 12.7. The van der Waals surface area contributed by atoms with Crippen LogP contribution in [0.15, 0.2) is 84.2 Å². The first-order chi connectivity index (χ1) is 15.0. The normalized spacial score (nSPS) is 11.2. The Labute approximate surface area is 185 Å². The third kappa shape index (κ3) is 4.89. The first-order valence-corrected chi connectivity index (χ1v) is 11.7. The first kappa shape index (κ1) is 20.9. The second-order valence-corrected chi connectivity index (χ2v) is 8.98. The number of rotatable bonds is 6. The van der Waals surface area contributed by atoms with Crippen LogP contribution in [0.3, 0.4) is 0 Å². The summed E-state index contributed by atoms with van der Waals surface area (Å²) >= 11 is 1.62. The molecule has 4 N–H and O–H groups in total. The first-order valence-electron chi connectivity index (χ1n) is 9.59. The molecule has 0 aliphatic heterocycles. The number of nitrogens with one attached hydrogen (secondary N) is 1. The molecule has 0 spiro atoms. The average molecular weight is 447 g/mol. The lowest BCUT2D eigenvalue weighted by Gasteiger charge is -2.10. The van der Waals surface area contributed by atoms with E-state index in [0.29, 0.717) is 28.7 Å². The molecule has 3 aromatic carbocycles. The van der Waals surface area contributed by atoms with E-state index in [1.807, 2.05) is 53.9 Å². The van der Waals surface area contributed by atoms with Crippen molar-refractivity contribution in [2.24, 2.45) is 0 Å². The van der Waals surface area contributed by atoms with Gasteiger partial charge in [0.05, 0.1) is 11.4 Å². The summed E-state index contributed by atoms with van der Waals surface area (Å²) in [5.74, 6) is -0.250. The summed E-state index contributed by atoms with van der Waals surface area (Å²) in [6.07, 6.45) is 0.509. The maximum Gasteiger partial charge on any atom is 0.546 e. The monoisotopic (exact) mass is 447 g/mol. The maximum atomic E-state index is 12.7. The minimum atomic E-state index is -2.40. The van der Waals surface area contributed by atoms with Crippen molar-refractivity contribution < 1.29 is 14.3 Å². The van der Waals surface area contributed by atoms with Crippen LogP contribution in [0.1, 0.15) is 21.5 Å². The Morgan fingerprint density at radius 3 is 2.48 bits per heavy atom. The zero-order chi connectivity index (χ0) is 21.8. The molecule has 154 valence electrons. The molecule has 1 amide bonds. The van der Waals surface area contributed by atoms with Crippen LogP contribution in [0.2, 0.25) is 0 Å². The quantitative estimate of drug-likeness (QED) is 0.280. The zero-order valence-electron chi connectivity index (χ0n) is 16.5. The Kier molecular flexibility index (Phi) is 6.23. The van der Waals surface area contributed by atoms with Gasteiger partial charge >= 0.3 is 8.03 Å². The summed E-state index contributed by atoms with van der Waals surface area (Å²) in [4.78, 5) is 23.3. The van der Waals surface area contributed by atoms with E-state index in [1.165, 1.54) is 0 Å². The van der Waals surface area contributed by atoms with Gasteiger partial charge in [0.25, 0.3) is 5.91 Å². The molecule has 31 heavy (non-hydrogen) atoms. The molecule has 0 bridgehead atoms. The molecule has 5 nitrogen and oxygen atoms in total. The number of hydrogen-bond donors (Lipinski definition) is 3. The number of carbonyl (C=O) groups excluding carboxylic acids is 1. The molecule has 4 rings (SSSR count). The number of thiophene rings is 1. The fraction of sp³-hybridized carbons (Fsp3) is 0.0417. The Morgan fingerprint density at radius 1 is 1.00 bits per heavy atom. The van der Waals surface area contributed by atoms with E-state index in [4.69, 9.17) is 5.73 Å². The van der Waals surface area contributed by atoms with Gasteiger partial charge in [0, 0.05) is 22.4 Å². The highest BCUT2D eigenvalue weighted by molar-refractivity contribution is 7.47. The Hall–Kier alpha value is -3.31. The lowest BCUT2D eigenvalue weighted by atomic mass is 10.0. The predicted octanol–water partition coefficient (Wildman–Crippen LogP) is 5.20. The van der Waals surface area contributed by atoms with E-state index < -0.39 is 8.03 Å². The van der Waals surface area contributed by atoms with Gasteiger partial charge in [-0.15, -0.1) is 11.3 Å². The second kappa shape index (κ2) is 9.23. The van der Waals surface area contributed by atoms with E-state index in [2.05, 4.69) is 5.32 Å². The molecule has 1 unspecified atom stereocenters. The molecule has 0 aliphatic rings. The van der Waals surface area contributed by atoms with Gasteiger partial charge in [-0.3, -0.25) is 4.79 Å². The summed E-state index contributed by atoms with van der Waals surface area (Å²) < 4.78 is 11.5. The Morgan fingerprint density at radius 2 is 1.77 bits per heavy atom.